The van der Waals surface area contributed by atoms with Crippen molar-refractivity contribution in [3.8, 4) is 11.3 Å². The van der Waals surface area contributed by atoms with Gasteiger partial charge in [0.2, 0.25) is 0 Å². The molecule has 1 N–H and O–H groups in total. The number of ether oxygens (including phenoxy) is 3. The predicted octanol–water partition coefficient (Wildman–Crippen LogP) is 8.27. The summed E-state index contributed by atoms with van der Waals surface area (Å²) in [5, 5.41) is 3.10. The summed E-state index contributed by atoms with van der Waals surface area (Å²) in [5.74, 6) is 0. The smallest absolute Gasteiger partial charge is 0.412 e. The van der Waals surface area contributed by atoms with Crippen LogP contribution in [0.2, 0.25) is 0 Å². The number of amides is 2. The Labute approximate surface area is 284 Å². The lowest BCUT2D eigenvalue weighted by Crippen LogP contribution is -2.50. The average molecular weight is 650 g/mol. The molecule has 1 aromatic heterocycles. The zero-order chi connectivity index (χ0) is 34.3. The van der Waals surface area contributed by atoms with E-state index in [4.69, 9.17) is 14.2 Å². The largest absolute Gasteiger partial charge is 0.444 e. The van der Waals surface area contributed by atoms with E-state index < -0.39 is 29.6 Å². The number of carbonyl (C=O) groups is 2. The Kier molecular flexibility index (Phi) is 10.8. The van der Waals surface area contributed by atoms with Crippen LogP contribution in [0.4, 0.5) is 9.59 Å². The van der Waals surface area contributed by atoms with E-state index in [0.717, 1.165) is 33.5 Å². The van der Waals surface area contributed by atoms with Crippen molar-refractivity contribution in [3.05, 3.63) is 126 Å². The molecule has 8 nitrogen and oxygen atoms in total. The Morgan fingerprint density at radius 1 is 0.917 bits per heavy atom. The van der Waals surface area contributed by atoms with Crippen LogP contribution in [-0.4, -0.2) is 51.6 Å². The molecule has 3 atom stereocenters. The van der Waals surface area contributed by atoms with Crippen molar-refractivity contribution in [2.45, 2.75) is 96.9 Å². The molecule has 4 aromatic rings. The minimum absolute atomic E-state index is 0.151. The maximum absolute atomic E-state index is 13.9. The van der Waals surface area contributed by atoms with Gasteiger partial charge in [-0.3, -0.25) is 9.88 Å². The molecule has 0 unspecified atom stereocenters. The van der Waals surface area contributed by atoms with Gasteiger partial charge in [-0.1, -0.05) is 84.9 Å². The molecule has 0 spiro atoms. The number of benzene rings is 3. The number of nitrogens with one attached hydrogen (secondary N) is 1. The highest BCUT2D eigenvalue weighted by molar-refractivity contribution is 5.70. The Morgan fingerprint density at radius 2 is 1.56 bits per heavy atom. The second-order valence-corrected chi connectivity index (χ2v) is 14.0. The molecule has 2 heterocycles. The topological polar surface area (TPSA) is 90.0 Å². The highest BCUT2D eigenvalue weighted by Crippen LogP contribution is 2.37. The molecule has 48 heavy (non-hydrogen) atoms. The zero-order valence-electron chi connectivity index (χ0n) is 28.8. The van der Waals surface area contributed by atoms with E-state index in [1.165, 1.54) is 0 Å². The second kappa shape index (κ2) is 15.0. The van der Waals surface area contributed by atoms with Crippen LogP contribution < -0.4 is 5.32 Å². The van der Waals surface area contributed by atoms with Crippen molar-refractivity contribution in [3.63, 3.8) is 0 Å². The fourth-order valence-electron chi connectivity index (χ4n) is 6.24. The Hall–Kier alpha value is -4.69. The highest BCUT2D eigenvalue weighted by Gasteiger charge is 2.51. The van der Waals surface area contributed by atoms with Gasteiger partial charge in [0.05, 0.1) is 17.8 Å². The van der Waals surface area contributed by atoms with Gasteiger partial charge in [-0.25, -0.2) is 9.59 Å². The molecular formula is C40H47N3O5. The lowest BCUT2D eigenvalue weighted by molar-refractivity contribution is -0.0735. The fraction of sp³-hybridized carbons (Fsp3) is 0.375. The van der Waals surface area contributed by atoms with Gasteiger partial charge in [0.25, 0.3) is 0 Å². The summed E-state index contributed by atoms with van der Waals surface area (Å²) in [7, 11) is 0. The standard InChI is InChI=1S/C40H47N3O5/c1-28-21-22-41-34(23-28)32-19-17-30(18-20-32)25-35-36(47-40(5,6)43(35)38(45)46-27-31-15-11-8-12-16-31)26-33(24-29-13-9-7-10-14-29)42-37(44)48-39(2,3)4/h7-23,33,35-36H,24-27H2,1-6H3,(H,42,44)/t33-,35-,36-/m0/s1. The number of hydrogen-bond acceptors (Lipinski definition) is 6. The summed E-state index contributed by atoms with van der Waals surface area (Å²) in [5.41, 5.74) is 4.50. The maximum Gasteiger partial charge on any atom is 0.412 e. The molecule has 1 aliphatic heterocycles. The van der Waals surface area contributed by atoms with Gasteiger partial charge in [0, 0.05) is 17.8 Å². The molecule has 1 saturated heterocycles. The second-order valence-electron chi connectivity index (χ2n) is 14.0. The van der Waals surface area contributed by atoms with Crippen molar-refractivity contribution in [1.82, 2.24) is 15.2 Å². The molecule has 0 radical (unpaired) electrons. The highest BCUT2D eigenvalue weighted by atomic mass is 16.6. The van der Waals surface area contributed by atoms with Crippen LogP contribution in [0.25, 0.3) is 11.3 Å². The van der Waals surface area contributed by atoms with E-state index in [-0.39, 0.29) is 18.7 Å². The molecule has 0 aliphatic carbocycles. The Morgan fingerprint density at radius 3 is 2.19 bits per heavy atom. The van der Waals surface area contributed by atoms with E-state index in [9.17, 15) is 9.59 Å². The number of aromatic nitrogens is 1. The van der Waals surface area contributed by atoms with Crippen LogP contribution in [0.15, 0.2) is 103 Å². The lowest BCUT2D eigenvalue weighted by Gasteiger charge is -2.33. The number of pyridine rings is 1. The number of hydrogen-bond donors (Lipinski definition) is 1. The van der Waals surface area contributed by atoms with Crippen molar-refractivity contribution < 1.29 is 23.8 Å². The number of alkyl carbamates (subject to hydrolysis) is 1. The molecule has 252 valence electrons. The first-order valence-corrected chi connectivity index (χ1v) is 16.6. The molecule has 8 heteroatoms. The number of carbonyl (C=O) groups excluding carboxylic acids is 2. The summed E-state index contributed by atoms with van der Waals surface area (Å²) >= 11 is 0. The van der Waals surface area contributed by atoms with E-state index in [1.54, 1.807) is 4.90 Å². The molecule has 2 amide bonds. The van der Waals surface area contributed by atoms with Gasteiger partial charge >= 0.3 is 12.2 Å². The van der Waals surface area contributed by atoms with Gasteiger partial charge < -0.3 is 19.5 Å². The van der Waals surface area contributed by atoms with Crippen molar-refractivity contribution in [2.75, 3.05) is 0 Å². The molecule has 5 rings (SSSR count). The van der Waals surface area contributed by atoms with Crippen LogP contribution in [0.1, 0.15) is 63.3 Å². The van der Waals surface area contributed by atoms with Crippen LogP contribution in [-0.2, 0) is 33.7 Å². The van der Waals surface area contributed by atoms with Gasteiger partial charge in [-0.15, -0.1) is 0 Å². The Bertz CT molecular complexity index is 1650. The maximum atomic E-state index is 13.9. The van der Waals surface area contributed by atoms with Gasteiger partial charge in [0.1, 0.15) is 17.9 Å². The van der Waals surface area contributed by atoms with Crippen LogP contribution in [0, 0.1) is 6.92 Å². The van der Waals surface area contributed by atoms with Crippen molar-refractivity contribution >= 4 is 12.2 Å². The third-order valence-corrected chi connectivity index (χ3v) is 8.36. The van der Waals surface area contributed by atoms with Gasteiger partial charge in [-0.2, -0.15) is 0 Å². The normalized spacial score (nSPS) is 17.8. The first-order valence-electron chi connectivity index (χ1n) is 16.6. The van der Waals surface area contributed by atoms with Crippen LogP contribution >= 0.6 is 0 Å². The predicted molar refractivity (Wildman–Crippen MR) is 187 cm³/mol. The van der Waals surface area contributed by atoms with Gasteiger partial charge in [-0.05, 0) is 95.2 Å². The number of aryl methyl sites for hydroxylation is 1. The average Bonchev–Trinajstić information content (AvgIpc) is 3.28. The summed E-state index contributed by atoms with van der Waals surface area (Å²) in [6.45, 7) is 11.5. The van der Waals surface area contributed by atoms with E-state index in [1.807, 2.05) is 108 Å². The number of rotatable bonds is 10. The summed E-state index contributed by atoms with van der Waals surface area (Å²) in [6.07, 6.45) is 2.02. The van der Waals surface area contributed by atoms with E-state index >= 15 is 0 Å². The Balaban J connectivity index is 1.43. The zero-order valence-corrected chi connectivity index (χ0v) is 28.8. The first-order chi connectivity index (χ1) is 22.9. The first kappa shape index (κ1) is 34.6. The van der Waals surface area contributed by atoms with Gasteiger partial charge in [0.15, 0.2) is 0 Å². The molecule has 0 saturated carbocycles. The molecule has 1 aliphatic rings. The monoisotopic (exact) mass is 649 g/mol. The van der Waals surface area contributed by atoms with E-state index in [2.05, 4.69) is 47.6 Å². The molecule has 1 fully saturated rings. The lowest BCUT2D eigenvalue weighted by atomic mass is 9.93. The number of nitrogens with zero attached hydrogens (tertiary/aromatic N) is 2. The quantitative estimate of drug-likeness (QED) is 0.186. The molecule has 0 bridgehead atoms. The third-order valence-electron chi connectivity index (χ3n) is 8.36. The molecule has 3 aromatic carbocycles. The molecular weight excluding hydrogens is 602 g/mol. The third kappa shape index (κ3) is 9.44. The van der Waals surface area contributed by atoms with Crippen LogP contribution in [0.5, 0.6) is 0 Å². The minimum Gasteiger partial charge on any atom is -0.444 e. The summed E-state index contributed by atoms with van der Waals surface area (Å²) < 4.78 is 18.2. The summed E-state index contributed by atoms with van der Waals surface area (Å²) in [6, 6.07) is 31.3. The van der Waals surface area contributed by atoms with Crippen molar-refractivity contribution in [2.24, 2.45) is 0 Å². The SMILES string of the molecule is Cc1ccnc(-c2ccc(C[C@H]3[C@H](C[C@H](Cc4ccccc4)NC(=O)OC(C)(C)C)OC(C)(C)N3C(=O)OCc3ccccc3)cc2)c1. The minimum atomic E-state index is -0.961. The summed E-state index contributed by atoms with van der Waals surface area (Å²) in [4.78, 5) is 33.2. The van der Waals surface area contributed by atoms with Crippen LogP contribution in [0.3, 0.4) is 0 Å². The van der Waals surface area contributed by atoms with E-state index in [0.29, 0.717) is 19.3 Å². The van der Waals surface area contributed by atoms with Crippen molar-refractivity contribution in [1.29, 1.82) is 0 Å². The fourth-order valence-corrected chi connectivity index (χ4v) is 6.24.